The van der Waals surface area contributed by atoms with Gasteiger partial charge >= 0.3 is 42.1 Å². The first-order chi connectivity index (χ1) is 44.0. The quantitative estimate of drug-likeness (QED) is 0.0223. The van der Waals surface area contributed by atoms with Crippen LogP contribution in [-0.2, 0) is 33.4 Å². The molecule has 0 saturated carbocycles. The van der Waals surface area contributed by atoms with E-state index in [9.17, 15) is 55.8 Å². The Labute approximate surface area is 574 Å². The number of nitrogens with one attached hydrogen (secondary N) is 2. The number of esters is 2. The first-order valence-electron chi connectivity index (χ1n) is 29.6. The van der Waals surface area contributed by atoms with Gasteiger partial charge in [0, 0.05) is 110 Å². The van der Waals surface area contributed by atoms with Crippen molar-refractivity contribution in [2.75, 3.05) is 77.4 Å². The number of urea groups is 2. The molecule has 6 aliphatic heterocycles. The van der Waals surface area contributed by atoms with Gasteiger partial charge in [0.1, 0.15) is 23.7 Å². The van der Waals surface area contributed by atoms with Crippen molar-refractivity contribution < 1.29 is 75.2 Å². The number of piperidine rings is 1. The number of alkyl halides is 4. The molecule has 0 spiro atoms. The summed E-state index contributed by atoms with van der Waals surface area (Å²) in [6.45, 7) is 15.4. The van der Waals surface area contributed by atoms with Gasteiger partial charge < -0.3 is 57.3 Å². The van der Waals surface area contributed by atoms with E-state index in [2.05, 4.69) is 46.4 Å². The maximum absolute atomic E-state index is 14.6. The van der Waals surface area contributed by atoms with Crippen LogP contribution in [0.3, 0.4) is 0 Å². The van der Waals surface area contributed by atoms with Crippen LogP contribution in [0.15, 0.2) is 92.1 Å². The van der Waals surface area contributed by atoms with E-state index in [0.29, 0.717) is 114 Å². The number of thiazole rings is 2. The highest BCUT2D eigenvalue weighted by atomic mass is 79.9. The number of rotatable bonds is 19. The molecule has 2 aromatic heterocycles. The van der Waals surface area contributed by atoms with E-state index in [0.717, 1.165) is 25.9 Å². The van der Waals surface area contributed by atoms with Crippen LogP contribution < -0.4 is 10.6 Å². The minimum absolute atomic E-state index is 0. The third kappa shape index (κ3) is 19.8. The molecule has 32 heteroatoms. The smallest absolute Gasteiger partial charge is 0.446 e. The molecule has 4 fully saturated rings. The fraction of sp³-hybridized carbons (Fsp3) is 0.492. The molecule has 0 radical (unpaired) electrons. The molecule has 4 aromatic rings. The number of carbonyl (C=O) groups is 7. The van der Waals surface area contributed by atoms with Crippen LogP contribution in [-0.4, -0.2) is 194 Å². The number of amides is 4. The van der Waals surface area contributed by atoms with Gasteiger partial charge in [0.15, 0.2) is 21.7 Å². The average molecular weight is 1480 g/mol. The van der Waals surface area contributed by atoms with E-state index in [1.165, 1.54) is 53.4 Å². The summed E-state index contributed by atoms with van der Waals surface area (Å²) in [4.78, 5) is 110. The SMILES string of the molecule is C.CC(C)(CCN1C[C@@H]2CCCCN2C1=O)C(=O)O.CCOC(=O)C1=C(CBr)NC(c2nccs2)=N[C@H]1c1cccc(F)c1Cl.CCOC(=O)C1=C(CN2CCN3C(=O)N(CCC(C)(C)C(=O)O)C[C@@H]3C2)NC(c2nccs2)=N[C@H]1c1cccc(F)c1Cl.O=CC(F)(F)F.[CH3-]. The maximum Gasteiger partial charge on any atom is 0.446 e. The molecule has 95 heavy (non-hydrogen) atoms. The van der Waals surface area contributed by atoms with Gasteiger partial charge in [0.05, 0.1) is 57.3 Å². The molecule has 10 rings (SSSR count). The van der Waals surface area contributed by atoms with Crippen molar-refractivity contribution >= 4 is 116 Å². The van der Waals surface area contributed by atoms with Crippen LogP contribution in [0, 0.1) is 29.9 Å². The van der Waals surface area contributed by atoms with E-state index >= 15 is 0 Å². The van der Waals surface area contributed by atoms with Crippen molar-refractivity contribution in [3.8, 4) is 0 Å². The molecule has 6 aliphatic rings. The summed E-state index contributed by atoms with van der Waals surface area (Å²) in [5, 5.41) is 30.0. The van der Waals surface area contributed by atoms with Crippen molar-refractivity contribution in [1.29, 1.82) is 0 Å². The molecule has 0 bridgehead atoms. The van der Waals surface area contributed by atoms with Crippen molar-refractivity contribution in [2.45, 2.75) is 111 Å². The number of aliphatic imine (C=N–C) groups is 2. The molecule has 4 N–H and O–H groups in total. The summed E-state index contributed by atoms with van der Waals surface area (Å²) in [5.41, 5.74) is 0.677. The lowest BCUT2D eigenvalue weighted by Crippen LogP contribution is -2.53. The molecular formula is C63H78BrCl2F5N11O11S2-. The Hall–Kier alpha value is -7.12. The number of aromatic nitrogens is 2. The number of hydrogen-bond acceptors (Lipinski definition) is 18. The Morgan fingerprint density at radius 2 is 1.15 bits per heavy atom. The highest BCUT2D eigenvalue weighted by Gasteiger charge is 2.44. The number of amidine groups is 2. The minimum Gasteiger partial charge on any atom is -0.481 e. The second-order valence-corrected chi connectivity index (χ2v) is 26.4. The lowest BCUT2D eigenvalue weighted by Gasteiger charge is -2.38. The number of aldehydes is 1. The van der Waals surface area contributed by atoms with E-state index in [-0.39, 0.29) is 67.4 Å². The first-order valence-corrected chi connectivity index (χ1v) is 33.2. The van der Waals surface area contributed by atoms with Crippen molar-refractivity contribution in [1.82, 2.24) is 45.1 Å². The van der Waals surface area contributed by atoms with Gasteiger partial charge in [0.2, 0.25) is 6.29 Å². The topological polar surface area (TPSA) is 269 Å². The summed E-state index contributed by atoms with van der Waals surface area (Å²) in [6, 6.07) is 7.41. The summed E-state index contributed by atoms with van der Waals surface area (Å²) >= 11 is 18.7. The van der Waals surface area contributed by atoms with Crippen molar-refractivity contribution in [2.24, 2.45) is 20.8 Å². The van der Waals surface area contributed by atoms with Crippen LogP contribution in [0.25, 0.3) is 0 Å². The normalized spacial score (nSPS) is 19.5. The predicted octanol–water partition coefficient (Wildman–Crippen LogP) is 11.6. The molecule has 4 amide bonds. The van der Waals surface area contributed by atoms with Crippen LogP contribution in [0.5, 0.6) is 0 Å². The van der Waals surface area contributed by atoms with E-state index < -0.39 is 70.9 Å². The number of carbonyl (C=O) groups excluding carboxylic acids is 5. The summed E-state index contributed by atoms with van der Waals surface area (Å²) < 4.78 is 70.5. The molecule has 2 aromatic carbocycles. The number of hydrogen-bond donors (Lipinski definition) is 4. The first kappa shape index (κ1) is 78.6. The number of nitrogens with zero attached hydrogens (tertiary/aromatic N) is 9. The number of piperazine rings is 1. The van der Waals surface area contributed by atoms with Crippen molar-refractivity contribution in [3.63, 3.8) is 0 Å². The summed E-state index contributed by atoms with van der Waals surface area (Å²) in [5.74, 6) is -3.07. The molecule has 0 unspecified atom stereocenters. The number of carboxylic acids is 2. The van der Waals surface area contributed by atoms with E-state index in [1.54, 1.807) is 71.0 Å². The van der Waals surface area contributed by atoms with Crippen LogP contribution in [0.1, 0.15) is 114 Å². The minimum atomic E-state index is -4.64. The third-order valence-corrected chi connectivity index (χ3v) is 18.9. The Bertz CT molecular complexity index is 3510. The Morgan fingerprint density at radius 1 is 0.705 bits per heavy atom. The van der Waals surface area contributed by atoms with Gasteiger partial charge in [-0.3, -0.25) is 29.3 Å². The number of allylic oxidation sites excluding steroid dienone is 1. The summed E-state index contributed by atoms with van der Waals surface area (Å²) in [7, 11) is 0. The van der Waals surface area contributed by atoms with Crippen LogP contribution in [0.4, 0.5) is 31.5 Å². The van der Waals surface area contributed by atoms with Crippen LogP contribution >= 0.6 is 61.8 Å². The highest BCUT2D eigenvalue weighted by molar-refractivity contribution is 9.09. The molecule has 4 saturated heterocycles. The number of halogens is 8. The van der Waals surface area contributed by atoms with Gasteiger partial charge in [-0.2, -0.15) is 13.2 Å². The molecule has 520 valence electrons. The average Bonchev–Trinajstić information content (AvgIpc) is 0.970. The van der Waals surface area contributed by atoms with Gasteiger partial charge in [-0.25, -0.2) is 37.9 Å². The Balaban J connectivity index is 0.000000266. The van der Waals surface area contributed by atoms with Gasteiger partial charge in [-0.15, -0.1) is 22.7 Å². The number of carboxylic acid groups (broad SMARTS) is 2. The zero-order valence-electron chi connectivity index (χ0n) is 52.6. The fourth-order valence-corrected chi connectivity index (χ4v) is 12.8. The van der Waals surface area contributed by atoms with Gasteiger partial charge in [0.25, 0.3) is 0 Å². The van der Waals surface area contributed by atoms with Crippen molar-refractivity contribution in [3.05, 3.63) is 132 Å². The fourth-order valence-electron chi connectivity index (χ4n) is 10.7. The van der Waals surface area contributed by atoms with Gasteiger partial charge in [-0.05, 0) is 85.8 Å². The maximum atomic E-state index is 14.6. The number of aliphatic carboxylic acids is 2. The summed E-state index contributed by atoms with van der Waals surface area (Å²) in [6.07, 6.45) is 1.85. The standard InChI is InChI=1S/C29H34ClFN6O5S.C17H14BrClFN3O2S.C13H22N2O3.C2HF3O.CH4.CH3/c1-4-42-26(38)21-20(33-24(25-32-9-13-43-25)34-23(21)18-6-5-7-19(31)22(18)30)16-35-11-12-37-17(14-35)15-36(28(37)41)10-8-29(2,3)27(39)40;1-2-25-17(24)12-11(8-18)22-15(16-21-6-7-26-16)23-14(12)9-4-3-5-10(20)13(9)19;1-13(2,11(16)17)6-8-14-9-10-5-3-4-7-15(10)12(14)18;3-2(4,5)1-6;;/h5-7,9,13,17,23H,4,8,10-12,14-16H2,1-3H3,(H,33,34)(H,39,40);3-7,14H,2,8H2,1H3,(H,22,23);10H,3-9H2,1-2H3,(H,16,17);1H;1H4;1H3/q;;;;;-1/t17-,23-;14-;10-;;;/m000.../s1. The Morgan fingerprint density at radius 3 is 1.56 bits per heavy atom. The second-order valence-electron chi connectivity index (χ2n) is 23.3. The highest BCUT2D eigenvalue weighted by Crippen LogP contribution is 2.40. The molecule has 8 heterocycles. The lowest BCUT2D eigenvalue weighted by atomic mass is 9.89. The lowest BCUT2D eigenvalue weighted by molar-refractivity contribution is -0.156. The largest absolute Gasteiger partial charge is 0.481 e. The molecule has 4 atom stereocenters. The predicted molar refractivity (Wildman–Crippen MR) is 356 cm³/mol. The molecule has 22 nitrogen and oxygen atoms in total. The zero-order valence-corrected chi connectivity index (χ0v) is 57.3. The van der Waals surface area contributed by atoms with E-state index in [1.807, 2.05) is 25.5 Å². The second kappa shape index (κ2) is 34.7. The van der Waals surface area contributed by atoms with Crippen LogP contribution in [0.2, 0.25) is 10.0 Å². The number of fused-ring (bicyclic) bond motifs is 2. The monoisotopic (exact) mass is 1470 g/mol. The number of benzene rings is 2. The molecule has 0 aliphatic carbocycles. The zero-order chi connectivity index (χ0) is 68.1. The number of ether oxygens (including phenoxy) is 2. The third-order valence-electron chi connectivity index (χ3n) is 16.0. The van der Waals surface area contributed by atoms with E-state index in [4.69, 9.17) is 47.6 Å². The van der Waals surface area contributed by atoms with Gasteiger partial charge in [-0.1, -0.05) is 70.8 Å². The Kier molecular flexibility index (Phi) is 28.7. The molecular weight excluding hydrogens is 1400 g/mol.